The molecule has 0 aliphatic heterocycles. The number of allylic oxidation sites excluding steroid dienone is 2. The van der Waals surface area contributed by atoms with Crippen molar-refractivity contribution in [2.75, 3.05) is 5.32 Å². The Labute approximate surface area is 182 Å². The lowest BCUT2D eigenvalue weighted by molar-refractivity contribution is -0.148. The number of aromatic nitrogens is 2. The Morgan fingerprint density at radius 2 is 1.74 bits per heavy atom. The zero-order valence-electron chi connectivity index (χ0n) is 18.5. The summed E-state index contributed by atoms with van der Waals surface area (Å²) in [6.45, 7) is 6.47. The van der Waals surface area contributed by atoms with Crippen molar-refractivity contribution in [3.63, 3.8) is 0 Å². The first kappa shape index (κ1) is 21.6. The van der Waals surface area contributed by atoms with Crippen molar-refractivity contribution < 1.29 is 19.5 Å². The minimum absolute atomic E-state index is 0.0481. The maximum atomic E-state index is 13.3. The Kier molecular flexibility index (Phi) is 5.90. The molecule has 31 heavy (non-hydrogen) atoms. The third-order valence-corrected chi connectivity index (χ3v) is 7.26. The molecule has 3 aliphatic carbocycles. The maximum Gasteiger partial charge on any atom is 0.307 e. The molecule has 3 N–H and O–H groups in total. The van der Waals surface area contributed by atoms with E-state index < -0.39 is 17.8 Å². The van der Waals surface area contributed by atoms with Crippen molar-refractivity contribution >= 4 is 23.5 Å². The number of fused-ring (bicyclic) bond motifs is 2. The van der Waals surface area contributed by atoms with Crippen LogP contribution in [0.4, 0.5) is 5.69 Å². The smallest absolute Gasteiger partial charge is 0.307 e. The van der Waals surface area contributed by atoms with E-state index in [2.05, 4.69) is 15.7 Å². The molecular weight excluding hydrogens is 396 g/mol. The molecule has 2 amide bonds. The van der Waals surface area contributed by atoms with E-state index in [9.17, 15) is 19.5 Å². The van der Waals surface area contributed by atoms with E-state index >= 15 is 0 Å². The fourth-order valence-corrected chi connectivity index (χ4v) is 5.99. The highest BCUT2D eigenvalue weighted by atomic mass is 16.4. The number of carboxylic acids is 1. The van der Waals surface area contributed by atoms with Crippen molar-refractivity contribution in [3.05, 3.63) is 23.0 Å². The predicted molar refractivity (Wildman–Crippen MR) is 115 cm³/mol. The van der Waals surface area contributed by atoms with Gasteiger partial charge in [0.05, 0.1) is 17.5 Å². The Balaban J connectivity index is 1.58. The quantitative estimate of drug-likeness (QED) is 0.602. The minimum Gasteiger partial charge on any atom is -0.481 e. The third kappa shape index (κ3) is 3.88. The third-order valence-electron chi connectivity index (χ3n) is 7.26. The second-order valence-corrected chi connectivity index (χ2v) is 9.33. The van der Waals surface area contributed by atoms with Gasteiger partial charge in [-0.3, -0.25) is 19.1 Å². The fourth-order valence-electron chi connectivity index (χ4n) is 5.99. The van der Waals surface area contributed by atoms with Crippen molar-refractivity contribution in [3.8, 4) is 0 Å². The van der Waals surface area contributed by atoms with Gasteiger partial charge < -0.3 is 15.7 Å². The van der Waals surface area contributed by atoms with E-state index in [1.54, 1.807) is 10.9 Å². The molecule has 0 spiro atoms. The van der Waals surface area contributed by atoms with Gasteiger partial charge in [0.1, 0.15) is 0 Å². The Hall–Kier alpha value is -2.64. The van der Waals surface area contributed by atoms with Gasteiger partial charge >= 0.3 is 5.97 Å². The van der Waals surface area contributed by atoms with Crippen LogP contribution >= 0.6 is 0 Å². The molecule has 3 fully saturated rings. The number of hydrogen-bond donors (Lipinski definition) is 3. The average molecular weight is 429 g/mol. The average Bonchev–Trinajstić information content (AvgIpc) is 3.49. The van der Waals surface area contributed by atoms with Crippen LogP contribution in [0.3, 0.4) is 0 Å². The standard InChI is InChI=1S/C23H32N4O4/c1-4-27-11-16(20(26-27)22(29)24-13-7-5-6-8-13)25-21(28)18-14-9-10-15(17(14)12(2)3)19(18)23(30)31/h11,13-15,18-19H,4-10H2,1-3H3,(H,24,29)(H,25,28)(H,30,31). The zero-order chi connectivity index (χ0) is 22.3. The monoisotopic (exact) mass is 428 g/mol. The number of amides is 2. The van der Waals surface area contributed by atoms with Crippen LogP contribution in [0.2, 0.25) is 0 Å². The van der Waals surface area contributed by atoms with Crippen molar-refractivity contribution in [1.29, 1.82) is 0 Å². The molecule has 4 unspecified atom stereocenters. The number of aliphatic carboxylic acids is 1. The van der Waals surface area contributed by atoms with Gasteiger partial charge in [0.25, 0.3) is 5.91 Å². The SMILES string of the molecule is CCn1cc(NC(=O)C2C3CCC(C3=C(C)C)C2C(=O)O)c(C(=O)NC2CCCC2)n1. The lowest BCUT2D eigenvalue weighted by Gasteiger charge is -2.26. The van der Waals surface area contributed by atoms with Crippen molar-refractivity contribution in [1.82, 2.24) is 15.1 Å². The largest absolute Gasteiger partial charge is 0.481 e. The fraction of sp³-hybridized carbons (Fsp3) is 0.652. The van der Waals surface area contributed by atoms with Crippen LogP contribution in [0, 0.1) is 23.7 Å². The van der Waals surface area contributed by atoms with E-state index in [1.165, 1.54) is 0 Å². The van der Waals surface area contributed by atoms with Crippen LogP contribution in [-0.4, -0.2) is 38.7 Å². The first-order chi connectivity index (χ1) is 14.8. The molecular formula is C23H32N4O4. The van der Waals surface area contributed by atoms with E-state index in [0.717, 1.165) is 49.7 Å². The minimum atomic E-state index is -0.922. The van der Waals surface area contributed by atoms with E-state index in [1.807, 2.05) is 20.8 Å². The van der Waals surface area contributed by atoms with Gasteiger partial charge in [0.2, 0.25) is 5.91 Å². The normalized spacial score (nSPS) is 27.5. The van der Waals surface area contributed by atoms with Crippen LogP contribution in [0.25, 0.3) is 0 Å². The van der Waals surface area contributed by atoms with E-state index in [4.69, 9.17) is 0 Å². The molecule has 2 bridgehead atoms. The van der Waals surface area contributed by atoms with Crippen LogP contribution in [-0.2, 0) is 16.1 Å². The lowest BCUT2D eigenvalue weighted by Crippen LogP contribution is -2.38. The first-order valence-electron chi connectivity index (χ1n) is 11.4. The summed E-state index contributed by atoms with van der Waals surface area (Å²) in [6, 6.07) is 0.144. The Morgan fingerprint density at radius 3 is 2.32 bits per heavy atom. The number of carbonyl (C=O) groups is 3. The van der Waals surface area contributed by atoms with E-state index in [0.29, 0.717) is 12.2 Å². The van der Waals surface area contributed by atoms with Gasteiger partial charge in [-0.25, -0.2) is 0 Å². The molecule has 8 nitrogen and oxygen atoms in total. The molecule has 1 aromatic heterocycles. The lowest BCUT2D eigenvalue weighted by atomic mass is 9.78. The zero-order valence-corrected chi connectivity index (χ0v) is 18.5. The summed E-state index contributed by atoms with van der Waals surface area (Å²) in [4.78, 5) is 38.3. The number of carboxylic acid groups (broad SMARTS) is 1. The number of anilines is 1. The molecule has 3 aliphatic rings. The molecule has 1 heterocycles. The molecule has 0 aromatic carbocycles. The van der Waals surface area contributed by atoms with Crippen LogP contribution in [0.5, 0.6) is 0 Å². The summed E-state index contributed by atoms with van der Waals surface area (Å²) in [5, 5.41) is 20.1. The number of nitrogens with one attached hydrogen (secondary N) is 2. The molecule has 1 aromatic rings. The van der Waals surface area contributed by atoms with Gasteiger partial charge in [-0.15, -0.1) is 0 Å². The highest BCUT2D eigenvalue weighted by Gasteiger charge is 2.57. The summed E-state index contributed by atoms with van der Waals surface area (Å²) < 4.78 is 1.62. The summed E-state index contributed by atoms with van der Waals surface area (Å²) in [5.41, 5.74) is 2.80. The number of carbonyl (C=O) groups excluding carboxylic acids is 2. The molecule has 0 saturated heterocycles. The molecule has 8 heteroatoms. The van der Waals surface area contributed by atoms with E-state index in [-0.39, 0.29) is 35.4 Å². The Morgan fingerprint density at radius 1 is 1.10 bits per heavy atom. The molecule has 0 radical (unpaired) electrons. The molecule has 4 atom stereocenters. The van der Waals surface area contributed by atoms with Gasteiger partial charge in [-0.2, -0.15) is 5.10 Å². The first-order valence-corrected chi connectivity index (χ1v) is 11.4. The van der Waals surface area contributed by atoms with Crippen LogP contribution in [0.15, 0.2) is 17.3 Å². The maximum absolute atomic E-state index is 13.3. The summed E-state index contributed by atoms with van der Waals surface area (Å²) in [5.74, 6) is -3.02. The van der Waals surface area contributed by atoms with Gasteiger partial charge in [-0.1, -0.05) is 24.0 Å². The molecule has 4 rings (SSSR count). The highest BCUT2D eigenvalue weighted by molar-refractivity contribution is 6.04. The van der Waals surface area contributed by atoms with Gasteiger partial charge in [0, 0.05) is 18.8 Å². The summed E-state index contributed by atoms with van der Waals surface area (Å²) in [6.07, 6.45) is 7.42. The summed E-state index contributed by atoms with van der Waals surface area (Å²) in [7, 11) is 0. The van der Waals surface area contributed by atoms with Gasteiger partial charge in [0.15, 0.2) is 5.69 Å². The summed E-state index contributed by atoms with van der Waals surface area (Å²) >= 11 is 0. The number of hydrogen-bond acceptors (Lipinski definition) is 4. The predicted octanol–water partition coefficient (Wildman–Crippen LogP) is 3.21. The number of rotatable bonds is 6. The van der Waals surface area contributed by atoms with Crippen molar-refractivity contribution in [2.45, 2.75) is 71.9 Å². The van der Waals surface area contributed by atoms with Gasteiger partial charge in [-0.05, 0) is 58.3 Å². The van der Waals surface area contributed by atoms with Crippen LogP contribution < -0.4 is 10.6 Å². The Bertz CT molecular complexity index is 924. The molecule has 3 saturated carbocycles. The number of aryl methyl sites for hydroxylation is 1. The topological polar surface area (TPSA) is 113 Å². The molecule has 168 valence electrons. The highest BCUT2D eigenvalue weighted by Crippen LogP contribution is 2.57. The second-order valence-electron chi connectivity index (χ2n) is 9.33. The van der Waals surface area contributed by atoms with Crippen molar-refractivity contribution in [2.24, 2.45) is 23.7 Å². The van der Waals surface area contributed by atoms with Crippen LogP contribution in [0.1, 0.15) is 69.8 Å². The number of nitrogens with zero attached hydrogens (tertiary/aromatic N) is 2. The second kappa shape index (κ2) is 8.48.